The maximum absolute atomic E-state index is 4.57. The van der Waals surface area contributed by atoms with Gasteiger partial charge >= 0.3 is 0 Å². The third-order valence-electron chi connectivity index (χ3n) is 2.97. The molecule has 0 saturated heterocycles. The molecule has 0 fully saturated rings. The Labute approximate surface area is 122 Å². The number of benzene rings is 1. The fourth-order valence-electron chi connectivity index (χ4n) is 2.00. The van der Waals surface area contributed by atoms with Crippen molar-refractivity contribution in [2.75, 3.05) is 7.05 Å². The average Bonchev–Trinajstić information content (AvgIpc) is 2.82. The molecule has 0 spiro atoms. The van der Waals surface area contributed by atoms with E-state index in [0.717, 1.165) is 41.2 Å². The van der Waals surface area contributed by atoms with Crippen molar-refractivity contribution in [2.45, 2.75) is 33.2 Å². The molecule has 0 aliphatic carbocycles. The lowest BCUT2D eigenvalue weighted by Gasteiger charge is -2.09. The van der Waals surface area contributed by atoms with E-state index in [-0.39, 0.29) is 0 Å². The normalized spacial score (nSPS) is 10.9. The molecule has 0 aliphatic heterocycles. The molecule has 4 nitrogen and oxygen atoms in total. The van der Waals surface area contributed by atoms with Crippen molar-refractivity contribution in [1.29, 1.82) is 0 Å². The topological polar surface area (TPSA) is 42.7 Å². The maximum Gasteiger partial charge on any atom is 0.151 e. The second kappa shape index (κ2) is 6.30. The zero-order valence-corrected chi connectivity index (χ0v) is 13.2. The molecule has 0 unspecified atom stereocenters. The fourth-order valence-corrected chi connectivity index (χ4v) is 2.59. The molecule has 2 aromatic rings. The number of nitrogens with zero attached hydrogens (tertiary/aromatic N) is 3. The van der Waals surface area contributed by atoms with E-state index >= 15 is 0 Å². The van der Waals surface area contributed by atoms with Gasteiger partial charge in [-0.3, -0.25) is 0 Å². The van der Waals surface area contributed by atoms with Gasteiger partial charge in [0.15, 0.2) is 5.82 Å². The molecule has 2 rings (SSSR count). The third-order valence-corrected chi connectivity index (χ3v) is 3.61. The first-order valence-electron chi connectivity index (χ1n) is 6.57. The van der Waals surface area contributed by atoms with Gasteiger partial charge in [0.05, 0.1) is 5.69 Å². The summed E-state index contributed by atoms with van der Waals surface area (Å²) in [5.74, 6) is 1.89. The van der Waals surface area contributed by atoms with Crippen LogP contribution in [0.25, 0.3) is 5.69 Å². The number of hydrogen-bond acceptors (Lipinski definition) is 3. The number of nitrogens with one attached hydrogen (secondary N) is 1. The molecule has 1 aromatic heterocycles. The van der Waals surface area contributed by atoms with Crippen molar-refractivity contribution in [3.63, 3.8) is 0 Å². The Morgan fingerprint density at radius 3 is 2.63 bits per heavy atom. The summed E-state index contributed by atoms with van der Waals surface area (Å²) < 4.78 is 2.98. The molecule has 5 heteroatoms. The van der Waals surface area contributed by atoms with Gasteiger partial charge in [0.1, 0.15) is 5.82 Å². The minimum Gasteiger partial charge on any atom is -0.316 e. The number of halogens is 1. The molecule has 0 amide bonds. The Morgan fingerprint density at radius 1 is 1.26 bits per heavy atom. The highest BCUT2D eigenvalue weighted by Gasteiger charge is 2.11. The average molecular weight is 323 g/mol. The van der Waals surface area contributed by atoms with Crippen molar-refractivity contribution in [3.05, 3.63) is 39.9 Å². The van der Waals surface area contributed by atoms with Gasteiger partial charge in [-0.1, -0.05) is 19.9 Å². The Balaban J connectivity index is 2.43. The van der Waals surface area contributed by atoms with Crippen molar-refractivity contribution in [2.24, 2.45) is 0 Å². The summed E-state index contributed by atoms with van der Waals surface area (Å²) >= 11 is 3.63. The lowest BCUT2D eigenvalue weighted by Crippen LogP contribution is -2.07. The van der Waals surface area contributed by atoms with Crippen molar-refractivity contribution in [1.82, 2.24) is 20.1 Å². The minimum atomic E-state index is 0.857. The quantitative estimate of drug-likeness (QED) is 0.920. The van der Waals surface area contributed by atoms with Crippen LogP contribution in [-0.4, -0.2) is 21.8 Å². The first-order chi connectivity index (χ1) is 9.19. The molecule has 19 heavy (non-hydrogen) atoms. The van der Waals surface area contributed by atoms with E-state index in [1.54, 1.807) is 0 Å². The number of aryl methyl sites for hydroxylation is 2. The molecule has 1 heterocycles. The third kappa shape index (κ3) is 3.04. The van der Waals surface area contributed by atoms with E-state index in [1.165, 1.54) is 5.56 Å². The molecule has 0 bridgehead atoms. The molecule has 1 N–H and O–H groups in total. The SMILES string of the molecule is CCc1nc(CC)n(-c2ccc(CNC)cc2Br)n1. The smallest absolute Gasteiger partial charge is 0.151 e. The molecular weight excluding hydrogens is 304 g/mol. The van der Waals surface area contributed by atoms with Crippen LogP contribution in [0, 0.1) is 0 Å². The standard InChI is InChI=1S/C14H19BrN4/c1-4-13-17-14(5-2)19(18-13)12-7-6-10(9-16-3)8-11(12)15/h6-8,16H,4-5,9H2,1-3H3. The molecule has 1 aromatic carbocycles. The summed E-state index contributed by atoms with van der Waals surface area (Å²) in [6, 6.07) is 6.33. The highest BCUT2D eigenvalue weighted by atomic mass is 79.9. The monoisotopic (exact) mass is 322 g/mol. The molecule has 0 radical (unpaired) electrons. The first kappa shape index (κ1) is 14.2. The lowest BCUT2D eigenvalue weighted by atomic mass is 10.2. The summed E-state index contributed by atoms with van der Waals surface area (Å²) in [6.45, 7) is 5.03. The van der Waals surface area contributed by atoms with Gasteiger partial charge in [-0.15, -0.1) is 0 Å². The zero-order chi connectivity index (χ0) is 13.8. The summed E-state index contributed by atoms with van der Waals surface area (Å²) in [5, 5.41) is 7.72. The van der Waals surface area contributed by atoms with Gasteiger partial charge in [0.2, 0.25) is 0 Å². The van der Waals surface area contributed by atoms with Gasteiger partial charge in [-0.25, -0.2) is 9.67 Å². The second-order valence-electron chi connectivity index (χ2n) is 4.38. The highest BCUT2D eigenvalue weighted by Crippen LogP contribution is 2.23. The van der Waals surface area contributed by atoms with E-state index in [9.17, 15) is 0 Å². The van der Waals surface area contributed by atoms with Gasteiger partial charge < -0.3 is 5.32 Å². The van der Waals surface area contributed by atoms with Crippen LogP contribution in [0.2, 0.25) is 0 Å². The Morgan fingerprint density at radius 2 is 2.05 bits per heavy atom. The summed E-state index contributed by atoms with van der Waals surface area (Å²) in [4.78, 5) is 4.54. The number of aromatic nitrogens is 3. The Bertz CT molecular complexity index is 563. The lowest BCUT2D eigenvalue weighted by molar-refractivity contribution is 0.783. The van der Waals surface area contributed by atoms with Crippen molar-refractivity contribution >= 4 is 15.9 Å². The number of hydrogen-bond donors (Lipinski definition) is 1. The van der Waals surface area contributed by atoms with Crippen LogP contribution in [0.15, 0.2) is 22.7 Å². The predicted octanol–water partition coefficient (Wildman–Crippen LogP) is 2.87. The van der Waals surface area contributed by atoms with Crippen LogP contribution in [0.5, 0.6) is 0 Å². The van der Waals surface area contributed by atoms with Gasteiger partial charge in [0.25, 0.3) is 0 Å². The molecule has 0 aliphatic rings. The largest absolute Gasteiger partial charge is 0.316 e. The summed E-state index contributed by atoms with van der Waals surface area (Å²) in [5.41, 5.74) is 2.29. The summed E-state index contributed by atoms with van der Waals surface area (Å²) in [7, 11) is 1.95. The second-order valence-corrected chi connectivity index (χ2v) is 5.23. The molecular formula is C14H19BrN4. The molecule has 0 atom stereocenters. The van der Waals surface area contributed by atoms with Crippen molar-refractivity contribution in [3.8, 4) is 5.69 Å². The van der Waals surface area contributed by atoms with Crippen LogP contribution >= 0.6 is 15.9 Å². The van der Waals surface area contributed by atoms with Crippen LogP contribution in [-0.2, 0) is 19.4 Å². The summed E-state index contributed by atoms with van der Waals surface area (Å²) in [6.07, 6.45) is 1.73. The minimum absolute atomic E-state index is 0.857. The number of rotatable bonds is 5. The van der Waals surface area contributed by atoms with Crippen LogP contribution in [0.3, 0.4) is 0 Å². The van der Waals surface area contributed by atoms with Gasteiger partial charge in [0, 0.05) is 23.9 Å². The van der Waals surface area contributed by atoms with E-state index < -0.39 is 0 Å². The predicted molar refractivity (Wildman–Crippen MR) is 80.6 cm³/mol. The van der Waals surface area contributed by atoms with Crippen LogP contribution in [0.4, 0.5) is 0 Å². The van der Waals surface area contributed by atoms with Gasteiger partial charge in [-0.05, 0) is 40.7 Å². The first-order valence-corrected chi connectivity index (χ1v) is 7.37. The van der Waals surface area contributed by atoms with Crippen LogP contribution in [0.1, 0.15) is 31.1 Å². The Kier molecular flexibility index (Phi) is 4.71. The van der Waals surface area contributed by atoms with Crippen molar-refractivity contribution < 1.29 is 0 Å². The Hall–Kier alpha value is -1.20. The molecule has 0 saturated carbocycles. The highest BCUT2D eigenvalue weighted by molar-refractivity contribution is 9.10. The van der Waals surface area contributed by atoms with E-state index in [2.05, 4.69) is 63.4 Å². The zero-order valence-electron chi connectivity index (χ0n) is 11.6. The van der Waals surface area contributed by atoms with E-state index in [4.69, 9.17) is 0 Å². The fraction of sp³-hybridized carbons (Fsp3) is 0.429. The van der Waals surface area contributed by atoms with E-state index in [1.807, 2.05) is 11.7 Å². The maximum atomic E-state index is 4.57. The molecule has 102 valence electrons. The van der Waals surface area contributed by atoms with Crippen LogP contribution < -0.4 is 5.32 Å². The van der Waals surface area contributed by atoms with Gasteiger partial charge in [-0.2, -0.15) is 5.10 Å². The van der Waals surface area contributed by atoms with E-state index in [0.29, 0.717) is 0 Å².